The molecule has 0 bridgehead atoms. The van der Waals surface area contributed by atoms with Gasteiger partial charge < -0.3 is 14.8 Å². The van der Waals surface area contributed by atoms with Crippen LogP contribution in [0.2, 0.25) is 10.0 Å². The monoisotopic (exact) mass is 478 g/mol. The molecule has 4 rings (SSSR count). The smallest absolute Gasteiger partial charge is 0.264 e. The predicted octanol–water partition coefficient (Wildman–Crippen LogP) is 4.56. The molecule has 0 spiro atoms. The summed E-state index contributed by atoms with van der Waals surface area (Å²) >= 11 is 12.1. The average Bonchev–Trinajstić information content (AvgIpc) is 3.22. The van der Waals surface area contributed by atoms with Crippen molar-refractivity contribution in [3.05, 3.63) is 76.8 Å². The minimum absolute atomic E-state index is 0.0388. The summed E-state index contributed by atoms with van der Waals surface area (Å²) in [5, 5.41) is 3.12. The topological polar surface area (TPSA) is 84.9 Å². The summed E-state index contributed by atoms with van der Waals surface area (Å²) in [4.78, 5) is 12.8. The van der Waals surface area contributed by atoms with E-state index in [1.54, 1.807) is 36.4 Å². The molecule has 1 heterocycles. The first-order valence-electron chi connectivity index (χ1n) is 9.07. The van der Waals surface area contributed by atoms with Gasteiger partial charge >= 0.3 is 0 Å². The lowest BCUT2D eigenvalue weighted by molar-refractivity contribution is -0.114. The first-order chi connectivity index (χ1) is 14.8. The third-order valence-electron chi connectivity index (χ3n) is 4.47. The maximum atomic E-state index is 13.3. The van der Waals surface area contributed by atoms with Gasteiger partial charge in [0.25, 0.3) is 10.0 Å². The van der Waals surface area contributed by atoms with Crippen molar-refractivity contribution < 1.29 is 22.7 Å². The van der Waals surface area contributed by atoms with Gasteiger partial charge in [0.05, 0.1) is 20.6 Å². The Morgan fingerprint density at radius 2 is 1.68 bits per heavy atom. The van der Waals surface area contributed by atoms with Crippen LogP contribution in [-0.2, 0) is 14.8 Å². The Kier molecular flexibility index (Phi) is 5.95. The summed E-state index contributed by atoms with van der Waals surface area (Å²) < 4.78 is 38.1. The second kappa shape index (κ2) is 8.66. The molecule has 3 aromatic carbocycles. The highest BCUT2D eigenvalue weighted by Gasteiger charge is 2.28. The van der Waals surface area contributed by atoms with Crippen LogP contribution in [0.5, 0.6) is 11.5 Å². The van der Waals surface area contributed by atoms with Gasteiger partial charge in [-0.25, -0.2) is 8.42 Å². The summed E-state index contributed by atoms with van der Waals surface area (Å²) in [5.41, 5.74) is 0.652. The van der Waals surface area contributed by atoms with E-state index >= 15 is 0 Å². The van der Waals surface area contributed by atoms with E-state index in [0.717, 1.165) is 4.31 Å². The lowest BCUT2D eigenvalue weighted by Gasteiger charge is -2.24. The SMILES string of the molecule is O=C(CN(c1ccc(Cl)c(Cl)c1)S(=O)(=O)c1ccccc1)Nc1ccc2c(c1)OCO2. The molecule has 1 aliphatic heterocycles. The summed E-state index contributed by atoms with van der Waals surface area (Å²) in [6.07, 6.45) is 0. The van der Waals surface area contributed by atoms with Crippen molar-refractivity contribution >= 4 is 50.5 Å². The summed E-state index contributed by atoms with van der Waals surface area (Å²) in [7, 11) is -4.05. The molecule has 0 aromatic heterocycles. The third-order valence-corrected chi connectivity index (χ3v) is 6.99. The van der Waals surface area contributed by atoms with Crippen LogP contribution in [0, 0.1) is 0 Å². The molecule has 1 amide bonds. The van der Waals surface area contributed by atoms with Crippen molar-refractivity contribution in [1.29, 1.82) is 0 Å². The molecule has 3 aromatic rings. The maximum Gasteiger partial charge on any atom is 0.264 e. The molecular weight excluding hydrogens is 463 g/mol. The number of nitrogens with one attached hydrogen (secondary N) is 1. The van der Waals surface area contributed by atoms with E-state index in [9.17, 15) is 13.2 Å². The molecule has 7 nitrogen and oxygen atoms in total. The van der Waals surface area contributed by atoms with Gasteiger partial charge in [-0.2, -0.15) is 0 Å². The highest BCUT2D eigenvalue weighted by molar-refractivity contribution is 7.92. The van der Waals surface area contributed by atoms with Crippen molar-refractivity contribution in [2.45, 2.75) is 4.90 Å². The molecule has 0 fully saturated rings. The number of fused-ring (bicyclic) bond motifs is 1. The van der Waals surface area contributed by atoms with Crippen molar-refractivity contribution in [2.75, 3.05) is 23.0 Å². The number of benzene rings is 3. The molecule has 1 aliphatic rings. The van der Waals surface area contributed by atoms with Gasteiger partial charge in [0.1, 0.15) is 6.54 Å². The molecule has 0 aliphatic carbocycles. The number of rotatable bonds is 6. The minimum Gasteiger partial charge on any atom is -0.454 e. The Morgan fingerprint density at radius 1 is 0.935 bits per heavy atom. The number of carbonyl (C=O) groups excluding carboxylic acids is 1. The summed E-state index contributed by atoms with van der Waals surface area (Å²) in [6.45, 7) is -0.378. The van der Waals surface area contributed by atoms with E-state index in [1.807, 2.05) is 0 Å². The predicted molar refractivity (Wildman–Crippen MR) is 119 cm³/mol. The molecule has 0 atom stereocenters. The number of carbonyl (C=O) groups is 1. The molecule has 0 unspecified atom stereocenters. The first kappa shape index (κ1) is 21.3. The van der Waals surface area contributed by atoms with E-state index in [0.29, 0.717) is 17.2 Å². The van der Waals surface area contributed by atoms with Gasteiger partial charge in [-0.15, -0.1) is 0 Å². The van der Waals surface area contributed by atoms with Crippen molar-refractivity contribution in [1.82, 2.24) is 0 Å². The van der Waals surface area contributed by atoms with E-state index in [-0.39, 0.29) is 27.4 Å². The number of nitrogens with zero attached hydrogens (tertiary/aromatic N) is 1. The second-order valence-electron chi connectivity index (χ2n) is 6.54. The molecule has 160 valence electrons. The van der Waals surface area contributed by atoms with Crippen molar-refractivity contribution in [3.63, 3.8) is 0 Å². The quantitative estimate of drug-likeness (QED) is 0.561. The lowest BCUT2D eigenvalue weighted by Crippen LogP contribution is -2.38. The van der Waals surface area contributed by atoms with E-state index in [1.165, 1.54) is 30.3 Å². The van der Waals surface area contributed by atoms with Gasteiger partial charge in [-0.3, -0.25) is 9.10 Å². The van der Waals surface area contributed by atoms with E-state index < -0.39 is 22.5 Å². The van der Waals surface area contributed by atoms with Crippen LogP contribution in [0.1, 0.15) is 0 Å². The molecule has 1 N–H and O–H groups in total. The Labute approximate surface area is 189 Å². The zero-order chi connectivity index (χ0) is 22.0. The van der Waals surface area contributed by atoms with Gasteiger partial charge in [-0.1, -0.05) is 41.4 Å². The maximum absolute atomic E-state index is 13.3. The number of halogens is 2. The summed E-state index contributed by atoms with van der Waals surface area (Å²) in [5.74, 6) is 0.516. The fourth-order valence-corrected chi connectivity index (χ4v) is 4.71. The van der Waals surface area contributed by atoms with Crippen LogP contribution < -0.4 is 19.1 Å². The number of ether oxygens (including phenoxy) is 2. The van der Waals surface area contributed by atoms with Gasteiger partial charge in [0.15, 0.2) is 11.5 Å². The van der Waals surface area contributed by atoms with Gasteiger partial charge in [0.2, 0.25) is 12.7 Å². The van der Waals surface area contributed by atoms with Crippen LogP contribution in [0.15, 0.2) is 71.6 Å². The van der Waals surface area contributed by atoms with E-state index in [4.69, 9.17) is 32.7 Å². The standard InChI is InChI=1S/C21H16Cl2N2O5S/c22-17-8-7-15(11-18(17)23)25(31(27,28)16-4-2-1-3-5-16)12-21(26)24-14-6-9-19-20(10-14)30-13-29-19/h1-11H,12-13H2,(H,24,26). The van der Waals surface area contributed by atoms with Crippen LogP contribution in [-0.4, -0.2) is 27.7 Å². The van der Waals surface area contributed by atoms with Crippen LogP contribution in [0.3, 0.4) is 0 Å². The zero-order valence-electron chi connectivity index (χ0n) is 15.9. The van der Waals surface area contributed by atoms with Crippen LogP contribution >= 0.6 is 23.2 Å². The first-order valence-corrected chi connectivity index (χ1v) is 11.3. The van der Waals surface area contributed by atoms with Crippen molar-refractivity contribution in [3.8, 4) is 11.5 Å². The minimum atomic E-state index is -4.05. The molecule has 0 saturated heterocycles. The Balaban J connectivity index is 1.64. The highest BCUT2D eigenvalue weighted by atomic mass is 35.5. The molecular formula is C21H16Cl2N2O5S. The second-order valence-corrected chi connectivity index (χ2v) is 9.22. The Hall–Kier alpha value is -2.94. The number of hydrogen-bond acceptors (Lipinski definition) is 5. The van der Waals surface area contributed by atoms with Crippen molar-refractivity contribution in [2.24, 2.45) is 0 Å². The molecule has 10 heteroatoms. The number of hydrogen-bond donors (Lipinski definition) is 1. The fraction of sp³-hybridized carbons (Fsp3) is 0.0952. The number of sulfonamides is 1. The molecule has 0 radical (unpaired) electrons. The largest absolute Gasteiger partial charge is 0.454 e. The summed E-state index contributed by atoms with van der Waals surface area (Å²) in [6, 6.07) is 17.1. The Morgan fingerprint density at radius 3 is 2.42 bits per heavy atom. The zero-order valence-corrected chi connectivity index (χ0v) is 18.2. The third kappa shape index (κ3) is 4.56. The normalized spacial score (nSPS) is 12.5. The average molecular weight is 479 g/mol. The van der Waals surface area contributed by atoms with Crippen LogP contribution in [0.25, 0.3) is 0 Å². The lowest BCUT2D eigenvalue weighted by atomic mass is 10.2. The van der Waals surface area contributed by atoms with Gasteiger partial charge in [-0.05, 0) is 42.5 Å². The molecule has 0 saturated carbocycles. The van der Waals surface area contributed by atoms with Crippen LogP contribution in [0.4, 0.5) is 11.4 Å². The Bertz CT molecular complexity index is 1240. The van der Waals surface area contributed by atoms with Gasteiger partial charge in [0, 0.05) is 11.8 Å². The molecule has 31 heavy (non-hydrogen) atoms. The highest BCUT2D eigenvalue weighted by Crippen LogP contribution is 2.34. The van der Waals surface area contributed by atoms with E-state index in [2.05, 4.69) is 5.32 Å². The fourth-order valence-electron chi connectivity index (χ4n) is 2.98. The number of amides is 1. The number of anilines is 2.